The van der Waals surface area contributed by atoms with Gasteiger partial charge in [-0.15, -0.1) is 0 Å². The Morgan fingerprint density at radius 3 is 2.88 bits per heavy atom. The van der Waals surface area contributed by atoms with E-state index in [-0.39, 0.29) is 12.4 Å². The molecule has 0 saturated carbocycles. The number of carbonyl (C=O) groups excluding carboxylic acids is 1. The van der Waals surface area contributed by atoms with Gasteiger partial charge in [-0.3, -0.25) is 4.79 Å². The van der Waals surface area contributed by atoms with Crippen LogP contribution in [-0.2, 0) is 9.53 Å². The van der Waals surface area contributed by atoms with Gasteiger partial charge in [0, 0.05) is 11.3 Å². The molecule has 0 radical (unpaired) electrons. The number of ether oxygens (including phenoxy) is 1. The lowest BCUT2D eigenvalue weighted by Gasteiger charge is -2.03. The minimum Gasteiger partial charge on any atom is -0.468 e. The molecule has 16 heavy (non-hydrogen) atoms. The topological polar surface area (TPSA) is 52.3 Å². The maximum absolute atomic E-state index is 10.8. The van der Waals surface area contributed by atoms with E-state index in [1.165, 1.54) is 7.11 Å². The summed E-state index contributed by atoms with van der Waals surface area (Å²) < 4.78 is 4.47. The monoisotopic (exact) mass is 237 g/mol. The number of benzene rings is 1. The maximum atomic E-state index is 10.8. The van der Waals surface area contributed by atoms with Crippen molar-refractivity contribution in [3.8, 4) is 11.8 Å². The molecular formula is C12H12ClNO2. The third-order valence-corrected chi connectivity index (χ3v) is 2.60. The van der Waals surface area contributed by atoms with Crippen LogP contribution in [0.5, 0.6) is 0 Å². The molecule has 3 nitrogen and oxygen atoms in total. The highest BCUT2D eigenvalue weighted by atomic mass is 35.5. The van der Waals surface area contributed by atoms with E-state index >= 15 is 0 Å². The molecule has 0 aromatic heterocycles. The first-order chi connectivity index (χ1) is 7.56. The van der Waals surface area contributed by atoms with Crippen molar-refractivity contribution in [2.24, 2.45) is 0 Å². The Bertz CT molecular complexity index is 472. The van der Waals surface area contributed by atoms with E-state index in [4.69, 9.17) is 17.3 Å². The van der Waals surface area contributed by atoms with Gasteiger partial charge in [0.05, 0.1) is 12.1 Å². The Morgan fingerprint density at radius 1 is 1.56 bits per heavy atom. The van der Waals surface area contributed by atoms with Crippen LogP contribution >= 0.6 is 11.6 Å². The molecule has 84 valence electrons. The van der Waals surface area contributed by atoms with Crippen molar-refractivity contribution in [1.82, 2.24) is 0 Å². The molecule has 1 aromatic carbocycles. The largest absolute Gasteiger partial charge is 0.468 e. The highest BCUT2D eigenvalue weighted by molar-refractivity contribution is 6.32. The summed E-state index contributed by atoms with van der Waals surface area (Å²) in [5, 5.41) is 0.525. The zero-order valence-electron chi connectivity index (χ0n) is 9.13. The van der Waals surface area contributed by atoms with Crippen LogP contribution in [0.3, 0.4) is 0 Å². The Kier molecular flexibility index (Phi) is 4.21. The number of methoxy groups -OCH3 is 1. The normalized spacial score (nSPS) is 9.19. The molecule has 0 amide bonds. The van der Waals surface area contributed by atoms with Crippen LogP contribution in [0.2, 0.25) is 5.02 Å². The summed E-state index contributed by atoms with van der Waals surface area (Å²) in [6.07, 6.45) is 0.0518. The van der Waals surface area contributed by atoms with Gasteiger partial charge in [-0.25, -0.2) is 0 Å². The first kappa shape index (κ1) is 12.4. The van der Waals surface area contributed by atoms with Gasteiger partial charge in [-0.1, -0.05) is 23.4 Å². The second-order valence-corrected chi connectivity index (χ2v) is 3.57. The molecule has 2 N–H and O–H groups in total. The summed E-state index contributed by atoms with van der Waals surface area (Å²) in [4.78, 5) is 10.8. The zero-order valence-corrected chi connectivity index (χ0v) is 9.89. The van der Waals surface area contributed by atoms with Crippen LogP contribution in [-0.4, -0.2) is 13.1 Å². The number of carbonyl (C=O) groups is 1. The van der Waals surface area contributed by atoms with E-state index in [1.807, 2.05) is 6.92 Å². The number of hydrogen-bond acceptors (Lipinski definition) is 3. The van der Waals surface area contributed by atoms with Gasteiger partial charge in [0.2, 0.25) is 0 Å². The van der Waals surface area contributed by atoms with E-state index in [0.717, 1.165) is 5.56 Å². The number of rotatable bonds is 1. The molecular weight excluding hydrogens is 226 g/mol. The average Bonchev–Trinajstić information content (AvgIpc) is 2.29. The van der Waals surface area contributed by atoms with Crippen LogP contribution in [0.15, 0.2) is 12.1 Å². The van der Waals surface area contributed by atoms with E-state index in [9.17, 15) is 4.79 Å². The molecule has 0 unspecified atom stereocenters. The highest BCUT2D eigenvalue weighted by Crippen LogP contribution is 2.24. The minimum absolute atomic E-state index is 0.0518. The molecule has 0 aliphatic heterocycles. The predicted octanol–water partition coefficient (Wildman–Crippen LogP) is 2.15. The van der Waals surface area contributed by atoms with Gasteiger partial charge < -0.3 is 10.5 Å². The maximum Gasteiger partial charge on any atom is 0.317 e. The third kappa shape index (κ3) is 2.91. The SMILES string of the molecule is COC(=O)CC#Cc1ccc(N)c(C)c1Cl. The summed E-state index contributed by atoms with van der Waals surface area (Å²) in [7, 11) is 1.32. The summed E-state index contributed by atoms with van der Waals surface area (Å²) in [6, 6.07) is 3.47. The second-order valence-electron chi connectivity index (χ2n) is 3.20. The Balaban J connectivity index is 2.90. The third-order valence-electron chi connectivity index (χ3n) is 2.11. The fourth-order valence-electron chi connectivity index (χ4n) is 1.08. The summed E-state index contributed by atoms with van der Waals surface area (Å²) in [5.74, 6) is 5.13. The number of hydrogen-bond donors (Lipinski definition) is 1. The molecule has 0 atom stereocenters. The molecule has 1 aromatic rings. The molecule has 0 saturated heterocycles. The van der Waals surface area contributed by atoms with Crippen LogP contribution in [0, 0.1) is 18.8 Å². The fraction of sp³-hybridized carbons (Fsp3) is 0.250. The Morgan fingerprint density at radius 2 is 2.25 bits per heavy atom. The van der Waals surface area contributed by atoms with Gasteiger partial charge in [0.15, 0.2) is 0 Å². The van der Waals surface area contributed by atoms with Crippen molar-refractivity contribution < 1.29 is 9.53 Å². The van der Waals surface area contributed by atoms with Crippen molar-refractivity contribution in [3.63, 3.8) is 0 Å². The van der Waals surface area contributed by atoms with Crippen molar-refractivity contribution in [1.29, 1.82) is 0 Å². The first-order valence-electron chi connectivity index (χ1n) is 4.66. The van der Waals surface area contributed by atoms with Crippen LogP contribution < -0.4 is 5.73 Å². The van der Waals surface area contributed by atoms with Crippen molar-refractivity contribution >= 4 is 23.3 Å². The lowest BCUT2D eigenvalue weighted by Crippen LogP contribution is -1.97. The standard InChI is InChI=1S/C12H12ClNO2/c1-8-10(14)7-6-9(12(8)13)4-3-5-11(15)16-2/h6-7H,5,14H2,1-2H3. The molecule has 0 aliphatic rings. The Labute approximate surface area is 99.5 Å². The fourth-order valence-corrected chi connectivity index (χ4v) is 1.30. The lowest BCUT2D eigenvalue weighted by molar-refractivity contribution is -0.139. The van der Waals surface area contributed by atoms with E-state index in [0.29, 0.717) is 16.3 Å². The summed E-state index contributed by atoms with van der Waals surface area (Å²) >= 11 is 6.05. The predicted molar refractivity (Wildman–Crippen MR) is 64.1 cm³/mol. The second kappa shape index (κ2) is 5.43. The molecule has 0 aliphatic carbocycles. The highest BCUT2D eigenvalue weighted by Gasteiger charge is 2.03. The Hall–Kier alpha value is -1.66. The first-order valence-corrected chi connectivity index (χ1v) is 5.04. The summed E-state index contributed by atoms with van der Waals surface area (Å²) in [5.41, 5.74) is 7.77. The van der Waals surface area contributed by atoms with Gasteiger partial charge in [0.1, 0.15) is 6.42 Å². The smallest absolute Gasteiger partial charge is 0.317 e. The van der Waals surface area contributed by atoms with Crippen LogP contribution in [0.25, 0.3) is 0 Å². The molecule has 0 fully saturated rings. The molecule has 4 heteroatoms. The minimum atomic E-state index is -0.365. The van der Waals surface area contributed by atoms with Crippen molar-refractivity contribution in [2.45, 2.75) is 13.3 Å². The number of anilines is 1. The zero-order chi connectivity index (χ0) is 12.1. The van der Waals surface area contributed by atoms with Gasteiger partial charge in [-0.2, -0.15) is 0 Å². The number of esters is 1. The van der Waals surface area contributed by atoms with E-state index in [1.54, 1.807) is 12.1 Å². The van der Waals surface area contributed by atoms with Crippen molar-refractivity contribution in [2.75, 3.05) is 12.8 Å². The van der Waals surface area contributed by atoms with E-state index < -0.39 is 0 Å². The number of halogens is 1. The van der Waals surface area contributed by atoms with Gasteiger partial charge >= 0.3 is 5.97 Å². The molecule has 1 rings (SSSR count). The molecule has 0 heterocycles. The lowest BCUT2D eigenvalue weighted by atomic mass is 10.1. The van der Waals surface area contributed by atoms with Crippen LogP contribution in [0.4, 0.5) is 5.69 Å². The number of nitrogens with two attached hydrogens (primary N) is 1. The van der Waals surface area contributed by atoms with Crippen molar-refractivity contribution in [3.05, 3.63) is 28.3 Å². The number of nitrogen functional groups attached to an aromatic ring is 1. The average molecular weight is 238 g/mol. The summed E-state index contributed by atoms with van der Waals surface area (Å²) in [6.45, 7) is 1.82. The van der Waals surface area contributed by atoms with E-state index in [2.05, 4.69) is 16.6 Å². The van der Waals surface area contributed by atoms with Gasteiger partial charge in [-0.05, 0) is 24.6 Å². The van der Waals surface area contributed by atoms with Crippen LogP contribution in [0.1, 0.15) is 17.5 Å². The molecule has 0 spiro atoms. The quantitative estimate of drug-likeness (QED) is 0.463. The van der Waals surface area contributed by atoms with Gasteiger partial charge in [0.25, 0.3) is 0 Å². The molecule has 0 bridgehead atoms.